The van der Waals surface area contributed by atoms with Gasteiger partial charge >= 0.3 is 0 Å². The summed E-state index contributed by atoms with van der Waals surface area (Å²) in [6.45, 7) is 1.47. The fourth-order valence-corrected chi connectivity index (χ4v) is 6.26. The molecule has 1 N–H and O–H groups in total. The van der Waals surface area contributed by atoms with E-state index in [0.717, 1.165) is 47.7 Å². The van der Waals surface area contributed by atoms with Crippen LogP contribution in [0.25, 0.3) is 10.9 Å². The Morgan fingerprint density at radius 3 is 2.53 bits per heavy atom. The molecule has 0 amide bonds. The van der Waals surface area contributed by atoms with Gasteiger partial charge in [-0.3, -0.25) is 4.90 Å². The van der Waals surface area contributed by atoms with E-state index in [9.17, 15) is 0 Å². The molecule has 0 radical (unpaired) electrons. The van der Waals surface area contributed by atoms with Crippen molar-refractivity contribution in [3.05, 3.63) is 113 Å². The van der Waals surface area contributed by atoms with Gasteiger partial charge in [0, 0.05) is 35.9 Å². The molecular weight excluding hydrogens is 474 g/mol. The number of benzene rings is 3. The van der Waals surface area contributed by atoms with Gasteiger partial charge in [0.05, 0.1) is 19.9 Å². The number of fused-ring (bicyclic) bond motifs is 6. The van der Waals surface area contributed by atoms with E-state index < -0.39 is 0 Å². The van der Waals surface area contributed by atoms with Crippen molar-refractivity contribution < 1.29 is 14.2 Å². The average Bonchev–Trinajstić information content (AvgIpc) is 3.62. The van der Waals surface area contributed by atoms with Crippen molar-refractivity contribution in [3.8, 4) is 17.2 Å². The lowest BCUT2D eigenvalue weighted by Gasteiger charge is -2.46. The molecule has 2 aromatic heterocycles. The molecule has 2 atom stereocenters. The Hall–Kier alpha value is -4.16. The van der Waals surface area contributed by atoms with E-state index in [1.165, 1.54) is 27.8 Å². The highest BCUT2D eigenvalue weighted by Gasteiger charge is 2.41. The van der Waals surface area contributed by atoms with Crippen LogP contribution in [-0.4, -0.2) is 35.2 Å². The molecule has 2 aliphatic heterocycles. The largest absolute Gasteiger partial charge is 0.497 e. The van der Waals surface area contributed by atoms with Crippen LogP contribution in [0.1, 0.15) is 40.2 Å². The van der Waals surface area contributed by atoms with Crippen LogP contribution in [-0.2, 0) is 19.4 Å². The predicted octanol–water partition coefficient (Wildman–Crippen LogP) is 6.27. The fraction of sp³-hybridized carbons (Fsp3) is 0.250. The number of rotatable bonds is 6. The molecule has 192 valence electrons. The Balaban J connectivity index is 1.34. The molecule has 2 unspecified atom stereocenters. The van der Waals surface area contributed by atoms with Crippen molar-refractivity contribution >= 4 is 10.9 Å². The van der Waals surface area contributed by atoms with Gasteiger partial charge in [0.1, 0.15) is 18.5 Å². The maximum atomic E-state index is 6.34. The van der Waals surface area contributed by atoms with Gasteiger partial charge in [0.15, 0.2) is 11.5 Å². The van der Waals surface area contributed by atoms with E-state index in [-0.39, 0.29) is 12.2 Å². The number of nitrogens with one attached hydrogen (secondary N) is 1. The molecule has 0 saturated heterocycles. The summed E-state index contributed by atoms with van der Waals surface area (Å²) >= 11 is 0. The van der Waals surface area contributed by atoms with Gasteiger partial charge < -0.3 is 23.8 Å². The smallest absolute Gasteiger partial charge is 0.162 e. The summed E-state index contributed by atoms with van der Waals surface area (Å²) in [5, 5.41) is 1.23. The van der Waals surface area contributed by atoms with Crippen molar-refractivity contribution in [2.45, 2.75) is 31.7 Å². The van der Waals surface area contributed by atoms with Crippen LogP contribution < -0.4 is 14.2 Å². The zero-order valence-electron chi connectivity index (χ0n) is 21.7. The van der Waals surface area contributed by atoms with E-state index in [0.29, 0.717) is 6.61 Å². The second-order valence-electron chi connectivity index (χ2n) is 10.1. The molecule has 6 heteroatoms. The van der Waals surface area contributed by atoms with Crippen molar-refractivity contribution in [2.24, 2.45) is 0 Å². The summed E-state index contributed by atoms with van der Waals surface area (Å²) < 4.78 is 20.0. The van der Waals surface area contributed by atoms with E-state index in [4.69, 9.17) is 14.2 Å². The molecule has 0 bridgehead atoms. The van der Waals surface area contributed by atoms with Crippen molar-refractivity contribution in [2.75, 3.05) is 20.8 Å². The number of aromatic amines is 1. The van der Waals surface area contributed by atoms with Gasteiger partial charge in [-0.2, -0.15) is 0 Å². The summed E-state index contributed by atoms with van der Waals surface area (Å²) in [6, 6.07) is 25.4. The number of aromatic nitrogens is 2. The van der Waals surface area contributed by atoms with Gasteiger partial charge in [-0.05, 0) is 77.6 Å². The van der Waals surface area contributed by atoms with Crippen molar-refractivity contribution in [3.63, 3.8) is 0 Å². The SMILES string of the molecule is COc1ccc2[nH]c3c(c2c1)CC1c2cc(OCc4ccccc4)c(OC)cc2CCN1C3n1cccc1. The number of methoxy groups -OCH3 is 2. The maximum absolute atomic E-state index is 6.34. The third-order valence-electron chi connectivity index (χ3n) is 8.09. The summed E-state index contributed by atoms with van der Waals surface area (Å²) in [5.41, 5.74) is 7.56. The first-order chi connectivity index (χ1) is 18.7. The molecule has 4 heterocycles. The normalized spacial score (nSPS) is 18.5. The summed E-state index contributed by atoms with van der Waals surface area (Å²) in [6.07, 6.45) is 6.29. The molecule has 5 aromatic rings. The first-order valence-electron chi connectivity index (χ1n) is 13.2. The number of H-pyrrole nitrogens is 1. The molecule has 0 fully saturated rings. The predicted molar refractivity (Wildman–Crippen MR) is 148 cm³/mol. The first-order valence-corrected chi connectivity index (χ1v) is 13.2. The molecule has 0 spiro atoms. The zero-order valence-corrected chi connectivity index (χ0v) is 21.7. The average molecular weight is 506 g/mol. The molecule has 0 saturated carbocycles. The lowest BCUT2D eigenvalue weighted by Crippen LogP contribution is -2.45. The van der Waals surface area contributed by atoms with Gasteiger partial charge in [-0.15, -0.1) is 0 Å². The van der Waals surface area contributed by atoms with Gasteiger partial charge in [0.2, 0.25) is 0 Å². The van der Waals surface area contributed by atoms with E-state index in [2.05, 4.69) is 75.4 Å². The molecule has 2 aliphatic rings. The molecule has 3 aromatic carbocycles. The number of ether oxygens (including phenoxy) is 3. The van der Waals surface area contributed by atoms with Crippen LogP contribution >= 0.6 is 0 Å². The Morgan fingerprint density at radius 1 is 0.895 bits per heavy atom. The maximum Gasteiger partial charge on any atom is 0.162 e. The summed E-state index contributed by atoms with van der Waals surface area (Å²) in [4.78, 5) is 6.40. The summed E-state index contributed by atoms with van der Waals surface area (Å²) in [5.74, 6) is 2.47. The van der Waals surface area contributed by atoms with Gasteiger partial charge in [0.25, 0.3) is 0 Å². The van der Waals surface area contributed by atoms with Crippen LogP contribution in [0.2, 0.25) is 0 Å². The zero-order chi connectivity index (χ0) is 25.6. The van der Waals surface area contributed by atoms with Crippen LogP contribution in [0.15, 0.2) is 85.2 Å². The lowest BCUT2D eigenvalue weighted by molar-refractivity contribution is 0.0861. The Kier molecular flexibility index (Phi) is 5.63. The minimum Gasteiger partial charge on any atom is -0.497 e. The minimum absolute atomic E-state index is 0.0843. The number of hydrogen-bond acceptors (Lipinski definition) is 4. The highest BCUT2D eigenvalue weighted by atomic mass is 16.5. The van der Waals surface area contributed by atoms with E-state index in [1.807, 2.05) is 24.3 Å². The van der Waals surface area contributed by atoms with Crippen LogP contribution in [0, 0.1) is 0 Å². The first kappa shape index (κ1) is 23.0. The quantitative estimate of drug-likeness (QED) is 0.296. The Morgan fingerprint density at radius 2 is 1.74 bits per heavy atom. The second-order valence-corrected chi connectivity index (χ2v) is 10.1. The standard InChI is InChI=1S/C32H31N3O3/c1-36-23-10-11-27-25(17-23)26-18-28-24-19-30(38-20-21-8-4-3-5-9-21)29(37-2)16-22(24)12-15-35(28)32(31(26)33-27)34-13-6-7-14-34/h3-11,13-14,16-17,19,28,32-33H,12,15,18,20H2,1-2H3. The van der Waals surface area contributed by atoms with Crippen LogP contribution in [0.5, 0.6) is 17.2 Å². The molecule has 6 nitrogen and oxygen atoms in total. The van der Waals surface area contributed by atoms with Crippen molar-refractivity contribution in [1.82, 2.24) is 14.5 Å². The highest BCUT2D eigenvalue weighted by Crippen LogP contribution is 2.48. The fourth-order valence-electron chi connectivity index (χ4n) is 6.26. The minimum atomic E-state index is 0.0843. The van der Waals surface area contributed by atoms with Crippen LogP contribution in [0.3, 0.4) is 0 Å². The highest BCUT2D eigenvalue weighted by molar-refractivity contribution is 5.86. The van der Waals surface area contributed by atoms with Crippen LogP contribution in [0.4, 0.5) is 0 Å². The molecule has 0 aliphatic carbocycles. The van der Waals surface area contributed by atoms with Gasteiger partial charge in [-0.25, -0.2) is 0 Å². The van der Waals surface area contributed by atoms with Crippen molar-refractivity contribution in [1.29, 1.82) is 0 Å². The lowest BCUT2D eigenvalue weighted by atomic mass is 9.83. The number of hydrogen-bond donors (Lipinski definition) is 1. The third kappa shape index (κ3) is 3.75. The topological polar surface area (TPSA) is 51.7 Å². The Bertz CT molecular complexity index is 1590. The van der Waals surface area contributed by atoms with E-state index >= 15 is 0 Å². The van der Waals surface area contributed by atoms with Gasteiger partial charge in [-0.1, -0.05) is 30.3 Å². The van der Waals surface area contributed by atoms with E-state index in [1.54, 1.807) is 14.2 Å². The molecule has 7 rings (SSSR count). The summed E-state index contributed by atoms with van der Waals surface area (Å²) in [7, 11) is 3.45. The molecule has 38 heavy (non-hydrogen) atoms. The molecular formula is C32H31N3O3. The second kappa shape index (κ2) is 9.30. The third-order valence-corrected chi connectivity index (χ3v) is 8.09. The monoisotopic (exact) mass is 505 g/mol. The number of nitrogens with zero attached hydrogens (tertiary/aromatic N) is 2. The Labute approximate surface area is 222 Å².